The van der Waals surface area contributed by atoms with Gasteiger partial charge in [0.2, 0.25) is 5.69 Å². The van der Waals surface area contributed by atoms with Crippen LogP contribution < -0.4 is 0 Å². The van der Waals surface area contributed by atoms with Gasteiger partial charge in [-0.3, -0.25) is 0 Å². The van der Waals surface area contributed by atoms with Crippen molar-refractivity contribution in [3.8, 4) is 50.8 Å². The number of hydrogen-bond acceptors (Lipinski definition) is 4. The van der Waals surface area contributed by atoms with Gasteiger partial charge in [0, 0.05) is 79.1 Å². The minimum Gasteiger partial charge on any atom is -0.306 e. The monoisotopic (exact) mass is 1000 g/mol. The summed E-state index contributed by atoms with van der Waals surface area (Å²) >= 11 is 5.46. The Kier molecular flexibility index (Phi) is 9.05. The number of aromatic nitrogens is 2. The quantitative estimate of drug-likeness (QED) is 0.158. The van der Waals surface area contributed by atoms with E-state index < -0.39 is 0 Å². The normalized spacial score (nSPS) is 12.0. The molecule has 4 nitrogen and oxygen atoms in total. The lowest BCUT2D eigenvalue weighted by Gasteiger charge is -2.27. The summed E-state index contributed by atoms with van der Waals surface area (Å²) in [6.07, 6.45) is 0. The zero-order valence-electron chi connectivity index (χ0n) is 39.8. The largest absolute Gasteiger partial charge is 0.306 e. The van der Waals surface area contributed by atoms with Crippen LogP contribution in [0.4, 0.5) is 5.69 Å². The zero-order chi connectivity index (χ0) is 49.5. The summed E-state index contributed by atoms with van der Waals surface area (Å²) < 4.78 is 12.2. The molecule has 0 fully saturated rings. The Morgan fingerprint density at radius 3 is 1.28 bits per heavy atom. The molecular formula is C68H36N4S3. The van der Waals surface area contributed by atoms with Crippen molar-refractivity contribution in [2.75, 3.05) is 0 Å². The molecule has 0 saturated carbocycles. The van der Waals surface area contributed by atoms with E-state index in [1.807, 2.05) is 46.1 Å². The molecule has 0 aliphatic heterocycles. The molecule has 5 heterocycles. The number of rotatable bonds is 5. The molecule has 7 heteroatoms. The van der Waals surface area contributed by atoms with Crippen molar-refractivity contribution < 1.29 is 0 Å². The maximum absolute atomic E-state index is 12.0. The van der Waals surface area contributed by atoms with E-state index in [-0.39, 0.29) is 0 Å². The average molecular weight is 1010 g/mol. The summed E-state index contributed by atoms with van der Waals surface area (Å²) in [4.78, 5) is 4.51. The van der Waals surface area contributed by atoms with Crippen LogP contribution in [0, 0.1) is 17.9 Å². The lowest BCUT2D eigenvalue weighted by Crippen LogP contribution is -2.10. The van der Waals surface area contributed by atoms with Crippen LogP contribution >= 0.6 is 34.0 Å². The zero-order valence-corrected chi connectivity index (χ0v) is 42.2. The Balaban J connectivity index is 1.26. The molecule has 0 N–H and O–H groups in total. The van der Waals surface area contributed by atoms with Gasteiger partial charge in [-0.25, -0.2) is 4.85 Å². The number of nitriles is 1. The summed E-state index contributed by atoms with van der Waals surface area (Å²) in [5.41, 5.74) is 11.9. The van der Waals surface area contributed by atoms with Crippen LogP contribution in [0.15, 0.2) is 218 Å². The predicted octanol–water partition coefficient (Wildman–Crippen LogP) is 20.4. The molecule has 0 aliphatic rings. The highest BCUT2D eigenvalue weighted by molar-refractivity contribution is 7.27. The number of hydrogen-bond donors (Lipinski definition) is 0. The van der Waals surface area contributed by atoms with E-state index >= 15 is 0 Å². The lowest BCUT2D eigenvalue weighted by molar-refractivity contribution is 1.11. The van der Waals surface area contributed by atoms with E-state index in [0.717, 1.165) is 81.9 Å². The third-order valence-corrected chi connectivity index (χ3v) is 19.0. The summed E-state index contributed by atoms with van der Waals surface area (Å²) in [7, 11) is 0. The molecule has 0 aliphatic carbocycles. The van der Waals surface area contributed by atoms with Crippen molar-refractivity contribution in [2.24, 2.45) is 0 Å². The molecule has 0 amide bonds. The van der Waals surface area contributed by atoms with Crippen LogP contribution in [0.3, 0.4) is 0 Å². The predicted molar refractivity (Wildman–Crippen MR) is 321 cm³/mol. The van der Waals surface area contributed by atoms with Crippen LogP contribution in [-0.4, -0.2) is 9.13 Å². The fourth-order valence-electron chi connectivity index (χ4n) is 12.3. The Bertz CT molecular complexity index is 5070. The van der Waals surface area contributed by atoms with Crippen molar-refractivity contribution >= 4 is 144 Å². The van der Waals surface area contributed by atoms with Gasteiger partial charge in [0.05, 0.1) is 65.7 Å². The minimum atomic E-state index is 0.318. The molecular weight excluding hydrogens is 969 g/mol. The molecule has 0 unspecified atom stereocenters. The van der Waals surface area contributed by atoms with E-state index in [1.54, 1.807) is 0 Å². The van der Waals surface area contributed by atoms with Crippen LogP contribution in [0.2, 0.25) is 0 Å². The Hall–Kier alpha value is -9.34. The fourth-order valence-corrected chi connectivity index (χ4v) is 16.0. The van der Waals surface area contributed by atoms with Crippen LogP contribution in [0.5, 0.6) is 0 Å². The van der Waals surface area contributed by atoms with Gasteiger partial charge in [-0.15, -0.1) is 34.0 Å². The summed E-state index contributed by atoms with van der Waals surface area (Å²) in [6, 6.07) is 80.9. The Morgan fingerprint density at radius 1 is 0.373 bits per heavy atom. The number of fused-ring (bicyclic) bond motifs is 18. The molecule has 16 rings (SSSR count). The van der Waals surface area contributed by atoms with Gasteiger partial charge in [-0.1, -0.05) is 194 Å². The molecule has 0 radical (unpaired) electrons. The number of nitrogens with zero attached hydrogens (tertiary/aromatic N) is 4. The third-order valence-electron chi connectivity index (χ3n) is 15.4. The van der Waals surface area contributed by atoms with E-state index in [2.05, 4.69) is 226 Å². The van der Waals surface area contributed by atoms with Gasteiger partial charge in [-0.05, 0) is 46.5 Å². The van der Waals surface area contributed by atoms with Gasteiger partial charge in [0.1, 0.15) is 0 Å². The fraction of sp³-hybridized carbons (Fsp3) is 0. The highest BCUT2D eigenvalue weighted by atomic mass is 32.1. The van der Waals surface area contributed by atoms with Gasteiger partial charge in [0.25, 0.3) is 0 Å². The maximum Gasteiger partial charge on any atom is 0.215 e. The van der Waals surface area contributed by atoms with Crippen LogP contribution in [-0.2, 0) is 0 Å². The molecule has 11 aromatic carbocycles. The first-order valence-corrected chi connectivity index (χ1v) is 27.4. The van der Waals surface area contributed by atoms with Gasteiger partial charge in [-0.2, -0.15) is 5.26 Å². The number of benzene rings is 11. The number of thiophene rings is 3. The average Bonchev–Trinajstić information content (AvgIpc) is 4.45. The van der Waals surface area contributed by atoms with Gasteiger partial charge >= 0.3 is 0 Å². The molecule has 5 aromatic heterocycles. The maximum atomic E-state index is 12.0. The standard InChI is InChI=1S/C68H36N4S3/c1-70-60-52(38-69)57(40-20-7-3-8-21-40)64(72-61-46(32-34-48-43-24-11-14-29-54(43)73-66(48)61)47-33-35-49-44-25-12-15-30-55(44)74-67(49)62(47)72)65(58(60)41-22-9-4-10-23-41)71-53-28-17-27-42(39-18-5-2-6-19-39)59(53)51-37-36-50-45-26-13-16-31-56(45)75-68(50)63(51)71/h2-37H. The SMILES string of the molecule is [C-]#[N+]c1c(C#N)c(-c2ccccc2)c(-n2c3c(ccc4c5ccccc5sc43)c3ccc4c5ccccc5sc4c32)c(-n2c3cccc(-c4ccccc4)c3c3ccc4c5ccccc5sc4c32)c1-c1ccccc1. The first-order valence-electron chi connectivity index (χ1n) is 24.9. The van der Waals surface area contributed by atoms with Crippen molar-refractivity contribution in [1.82, 2.24) is 9.13 Å². The molecule has 0 atom stereocenters. The van der Waals surface area contributed by atoms with Crippen molar-refractivity contribution in [3.05, 3.63) is 235 Å². The highest BCUT2D eigenvalue weighted by Crippen LogP contribution is 2.56. The highest BCUT2D eigenvalue weighted by Gasteiger charge is 2.34. The first kappa shape index (κ1) is 42.2. The van der Waals surface area contributed by atoms with Crippen molar-refractivity contribution in [2.45, 2.75) is 0 Å². The smallest absolute Gasteiger partial charge is 0.215 e. The molecule has 0 bridgehead atoms. The Labute approximate surface area is 441 Å². The molecule has 16 aromatic rings. The third kappa shape index (κ3) is 5.83. The van der Waals surface area contributed by atoms with E-state index in [1.165, 1.54) is 55.8 Å². The topological polar surface area (TPSA) is 38.0 Å². The van der Waals surface area contributed by atoms with Crippen molar-refractivity contribution in [3.63, 3.8) is 0 Å². The second kappa shape index (κ2) is 16.1. The molecule has 0 spiro atoms. The van der Waals surface area contributed by atoms with Gasteiger partial charge in [0.15, 0.2) is 0 Å². The molecule has 346 valence electrons. The first-order chi connectivity index (χ1) is 37.2. The second-order valence-corrected chi connectivity index (χ2v) is 22.3. The summed E-state index contributed by atoms with van der Waals surface area (Å²) in [6.45, 7) is 9.35. The summed E-state index contributed by atoms with van der Waals surface area (Å²) in [5, 5.41) is 23.6. The Morgan fingerprint density at radius 2 is 0.787 bits per heavy atom. The van der Waals surface area contributed by atoms with Crippen LogP contribution in [0.25, 0.3) is 154 Å². The molecule has 0 saturated heterocycles. The van der Waals surface area contributed by atoms with E-state index in [9.17, 15) is 11.8 Å². The van der Waals surface area contributed by atoms with E-state index in [0.29, 0.717) is 22.4 Å². The lowest BCUT2D eigenvalue weighted by atomic mass is 9.88. The van der Waals surface area contributed by atoms with Crippen LogP contribution in [0.1, 0.15) is 5.56 Å². The van der Waals surface area contributed by atoms with Crippen molar-refractivity contribution in [1.29, 1.82) is 5.26 Å². The van der Waals surface area contributed by atoms with E-state index in [4.69, 9.17) is 0 Å². The summed E-state index contributed by atoms with van der Waals surface area (Å²) in [5.74, 6) is 0. The second-order valence-electron chi connectivity index (χ2n) is 19.2. The van der Waals surface area contributed by atoms with Gasteiger partial charge < -0.3 is 9.13 Å². The minimum absolute atomic E-state index is 0.318. The molecule has 75 heavy (non-hydrogen) atoms.